The summed E-state index contributed by atoms with van der Waals surface area (Å²) in [4.78, 5) is 2.36. The van der Waals surface area contributed by atoms with Crippen molar-refractivity contribution in [2.45, 2.75) is 46.6 Å². The number of nitrogens with zero attached hydrogens (tertiary/aromatic N) is 1. The number of rotatable bonds is 3. The van der Waals surface area contributed by atoms with Gasteiger partial charge >= 0.3 is 0 Å². The van der Waals surface area contributed by atoms with E-state index in [2.05, 4.69) is 37.1 Å². The van der Waals surface area contributed by atoms with E-state index in [9.17, 15) is 4.39 Å². The second-order valence-electron chi connectivity index (χ2n) is 7.33. The second kappa shape index (κ2) is 6.78. The number of hydrogen-bond donors (Lipinski definition) is 1. The molecular formula is C18H29FN2. The molecule has 1 fully saturated rings. The van der Waals surface area contributed by atoms with E-state index >= 15 is 0 Å². The molecular weight excluding hydrogens is 263 g/mol. The highest BCUT2D eigenvalue weighted by molar-refractivity contribution is 5.49. The maximum atomic E-state index is 13.8. The molecule has 1 aromatic rings. The van der Waals surface area contributed by atoms with Crippen molar-refractivity contribution in [1.82, 2.24) is 5.32 Å². The van der Waals surface area contributed by atoms with Crippen LogP contribution in [-0.2, 0) is 6.54 Å². The Labute approximate surface area is 128 Å². The molecule has 0 amide bonds. The van der Waals surface area contributed by atoms with Gasteiger partial charge in [-0.15, -0.1) is 0 Å². The van der Waals surface area contributed by atoms with Gasteiger partial charge in [-0.2, -0.15) is 0 Å². The van der Waals surface area contributed by atoms with Crippen LogP contribution in [0.15, 0.2) is 18.2 Å². The van der Waals surface area contributed by atoms with Crippen LogP contribution in [0.1, 0.15) is 45.6 Å². The van der Waals surface area contributed by atoms with Gasteiger partial charge in [-0.1, -0.05) is 20.8 Å². The molecule has 0 bridgehead atoms. The molecule has 2 rings (SSSR count). The predicted octanol–water partition coefficient (Wildman–Crippen LogP) is 4.20. The van der Waals surface area contributed by atoms with Gasteiger partial charge in [0.1, 0.15) is 5.82 Å². The van der Waals surface area contributed by atoms with Crippen LogP contribution in [0.3, 0.4) is 0 Å². The molecule has 1 saturated heterocycles. The monoisotopic (exact) mass is 292 g/mol. The zero-order valence-corrected chi connectivity index (χ0v) is 13.9. The number of benzene rings is 1. The molecule has 118 valence electrons. The quantitative estimate of drug-likeness (QED) is 0.898. The summed E-state index contributed by atoms with van der Waals surface area (Å²) in [6.07, 6.45) is 3.67. The molecule has 0 saturated carbocycles. The molecule has 1 N–H and O–H groups in total. The van der Waals surface area contributed by atoms with Gasteiger partial charge in [0.05, 0.1) is 0 Å². The Morgan fingerprint density at radius 3 is 2.62 bits per heavy atom. The molecule has 1 heterocycles. The normalized spacial score (nSPS) is 20.4. The van der Waals surface area contributed by atoms with Crippen LogP contribution in [0, 0.1) is 17.2 Å². The van der Waals surface area contributed by atoms with Gasteiger partial charge in [-0.25, -0.2) is 4.39 Å². The largest absolute Gasteiger partial charge is 0.371 e. The summed E-state index contributed by atoms with van der Waals surface area (Å²) in [7, 11) is 1.89. The van der Waals surface area contributed by atoms with E-state index in [4.69, 9.17) is 0 Å². The molecule has 0 aliphatic carbocycles. The first-order chi connectivity index (χ1) is 9.90. The lowest BCUT2D eigenvalue weighted by Gasteiger charge is -2.30. The fourth-order valence-corrected chi connectivity index (χ4v) is 3.34. The third kappa shape index (κ3) is 4.44. The molecule has 2 nitrogen and oxygen atoms in total. The number of anilines is 1. The molecule has 0 spiro atoms. The summed E-state index contributed by atoms with van der Waals surface area (Å²) < 4.78 is 13.8. The number of halogens is 1. The molecule has 1 aliphatic heterocycles. The lowest BCUT2D eigenvalue weighted by atomic mass is 9.77. The molecule has 1 atom stereocenters. The van der Waals surface area contributed by atoms with Gasteiger partial charge in [0.25, 0.3) is 0 Å². The number of nitrogens with one attached hydrogen (secondary N) is 1. The second-order valence-corrected chi connectivity index (χ2v) is 7.33. The number of hydrogen-bond acceptors (Lipinski definition) is 2. The molecule has 3 heteroatoms. The topological polar surface area (TPSA) is 15.3 Å². The Hall–Kier alpha value is -1.09. The summed E-state index contributed by atoms with van der Waals surface area (Å²) >= 11 is 0. The van der Waals surface area contributed by atoms with E-state index in [1.54, 1.807) is 12.1 Å². The van der Waals surface area contributed by atoms with Crippen molar-refractivity contribution in [3.8, 4) is 0 Å². The molecule has 0 aromatic heterocycles. The standard InChI is InChI=1S/C18H29FN2/c1-18(2,3)15-6-5-8-21(9-7-15)17-11-14(13-20-4)10-16(19)12-17/h10-12,15,20H,5-9,13H2,1-4H3. The smallest absolute Gasteiger partial charge is 0.125 e. The van der Waals surface area contributed by atoms with Gasteiger partial charge in [-0.05, 0) is 61.4 Å². The first kappa shape index (κ1) is 16.3. The Balaban J connectivity index is 2.12. The van der Waals surface area contributed by atoms with Crippen molar-refractivity contribution in [2.24, 2.45) is 11.3 Å². The molecule has 0 radical (unpaired) electrons. The van der Waals surface area contributed by atoms with Crippen LogP contribution in [0.25, 0.3) is 0 Å². The maximum Gasteiger partial charge on any atom is 0.125 e. The van der Waals surface area contributed by atoms with Gasteiger partial charge in [0, 0.05) is 25.3 Å². The average Bonchev–Trinajstić information content (AvgIpc) is 2.63. The third-order valence-electron chi connectivity index (χ3n) is 4.64. The summed E-state index contributed by atoms with van der Waals surface area (Å²) in [5.74, 6) is 0.627. The zero-order chi connectivity index (χ0) is 15.5. The molecule has 1 unspecified atom stereocenters. The Kier molecular flexibility index (Phi) is 5.26. The van der Waals surface area contributed by atoms with E-state index in [0.29, 0.717) is 12.0 Å². The van der Waals surface area contributed by atoms with Gasteiger partial charge in [0.15, 0.2) is 0 Å². The van der Waals surface area contributed by atoms with Gasteiger partial charge < -0.3 is 10.2 Å². The Bertz CT molecular complexity index is 465. The van der Waals surface area contributed by atoms with E-state index in [-0.39, 0.29) is 5.82 Å². The summed E-state index contributed by atoms with van der Waals surface area (Å²) in [6, 6.07) is 5.42. The Morgan fingerprint density at radius 2 is 1.95 bits per heavy atom. The molecule has 1 aliphatic rings. The van der Waals surface area contributed by atoms with Crippen molar-refractivity contribution in [2.75, 3.05) is 25.0 Å². The minimum absolute atomic E-state index is 0.130. The van der Waals surface area contributed by atoms with Gasteiger partial charge in [0.2, 0.25) is 0 Å². The minimum Gasteiger partial charge on any atom is -0.371 e. The maximum absolute atomic E-state index is 13.8. The summed E-state index contributed by atoms with van der Waals surface area (Å²) in [5, 5.41) is 3.10. The molecule has 21 heavy (non-hydrogen) atoms. The minimum atomic E-state index is -0.130. The fourth-order valence-electron chi connectivity index (χ4n) is 3.34. The van der Waals surface area contributed by atoms with E-state index in [0.717, 1.165) is 30.3 Å². The first-order valence-corrected chi connectivity index (χ1v) is 8.09. The van der Waals surface area contributed by atoms with Crippen molar-refractivity contribution in [3.05, 3.63) is 29.6 Å². The van der Waals surface area contributed by atoms with Crippen LogP contribution in [0.4, 0.5) is 10.1 Å². The highest BCUT2D eigenvalue weighted by Gasteiger charge is 2.27. The van der Waals surface area contributed by atoms with Crippen LogP contribution in [-0.4, -0.2) is 20.1 Å². The SMILES string of the molecule is CNCc1cc(F)cc(N2CCCC(C(C)(C)C)CC2)c1. The van der Waals surface area contributed by atoms with Gasteiger partial charge in [-0.3, -0.25) is 0 Å². The van der Waals surface area contributed by atoms with Crippen molar-refractivity contribution < 1.29 is 4.39 Å². The van der Waals surface area contributed by atoms with E-state index < -0.39 is 0 Å². The van der Waals surface area contributed by atoms with E-state index in [1.165, 1.54) is 19.3 Å². The van der Waals surface area contributed by atoms with E-state index in [1.807, 2.05) is 7.05 Å². The summed E-state index contributed by atoms with van der Waals surface area (Å²) in [6.45, 7) is 9.78. The zero-order valence-electron chi connectivity index (χ0n) is 13.9. The van der Waals surface area contributed by atoms with Crippen molar-refractivity contribution in [3.63, 3.8) is 0 Å². The van der Waals surface area contributed by atoms with Crippen molar-refractivity contribution >= 4 is 5.69 Å². The van der Waals surface area contributed by atoms with Crippen LogP contribution in [0.5, 0.6) is 0 Å². The fraction of sp³-hybridized carbons (Fsp3) is 0.667. The lowest BCUT2D eigenvalue weighted by Crippen LogP contribution is -2.26. The summed E-state index contributed by atoms with van der Waals surface area (Å²) in [5.41, 5.74) is 2.42. The lowest BCUT2D eigenvalue weighted by molar-refractivity contribution is 0.220. The molecule has 1 aromatic carbocycles. The highest BCUT2D eigenvalue weighted by Crippen LogP contribution is 2.35. The van der Waals surface area contributed by atoms with Crippen LogP contribution in [0.2, 0.25) is 0 Å². The van der Waals surface area contributed by atoms with Crippen molar-refractivity contribution in [1.29, 1.82) is 0 Å². The highest BCUT2D eigenvalue weighted by atomic mass is 19.1. The Morgan fingerprint density at radius 1 is 1.19 bits per heavy atom. The third-order valence-corrected chi connectivity index (χ3v) is 4.64. The van der Waals surface area contributed by atoms with Crippen LogP contribution >= 0.6 is 0 Å². The first-order valence-electron chi connectivity index (χ1n) is 8.09. The average molecular weight is 292 g/mol. The predicted molar refractivity (Wildman–Crippen MR) is 88.2 cm³/mol. The van der Waals surface area contributed by atoms with Crippen LogP contribution < -0.4 is 10.2 Å².